The lowest BCUT2D eigenvalue weighted by Crippen LogP contribution is -2.44. The van der Waals surface area contributed by atoms with Crippen LogP contribution in [0.4, 0.5) is 5.69 Å². The number of benzene rings is 2. The minimum atomic E-state index is -0.289. The summed E-state index contributed by atoms with van der Waals surface area (Å²) in [7, 11) is 1.60. The number of hydrogen-bond acceptors (Lipinski definition) is 4. The third-order valence-corrected chi connectivity index (χ3v) is 6.14. The summed E-state index contributed by atoms with van der Waals surface area (Å²) in [5.74, 6) is 0.836. The smallest absolute Gasteiger partial charge is 0.228 e. The highest BCUT2D eigenvalue weighted by Gasteiger charge is 2.38. The van der Waals surface area contributed by atoms with Gasteiger partial charge in [0.2, 0.25) is 11.8 Å². The number of methoxy groups -OCH3 is 1. The van der Waals surface area contributed by atoms with Crippen molar-refractivity contribution in [3.8, 4) is 5.75 Å². The van der Waals surface area contributed by atoms with E-state index in [2.05, 4.69) is 12.1 Å². The number of likely N-dealkylation sites (tertiary alicyclic amines) is 1. The van der Waals surface area contributed by atoms with Crippen molar-refractivity contribution in [1.82, 2.24) is 4.90 Å². The first-order valence-corrected chi connectivity index (χ1v) is 11.0. The third kappa shape index (κ3) is 5.25. The number of ether oxygens (including phenoxy) is 2. The zero-order valence-corrected chi connectivity index (χ0v) is 18.0. The molecule has 0 radical (unpaired) electrons. The Morgan fingerprint density at radius 2 is 1.94 bits per heavy atom. The van der Waals surface area contributed by atoms with Crippen LogP contribution in [0, 0.1) is 11.8 Å². The standard InChI is InChI=1S/C25H30N2O4/c1-30-23-11-5-10-22(14-23)27-16-21(13-24(27)28)25(29)26-12-6-9-20(15-26)18-31-17-19-7-3-2-4-8-19/h2-5,7-8,10-11,14,20-21H,6,9,12-13,15-18H2,1H3/t20-,21+/m1/s1. The molecule has 2 amide bonds. The number of piperidine rings is 1. The van der Waals surface area contributed by atoms with Crippen LogP contribution in [0.2, 0.25) is 0 Å². The fourth-order valence-corrected chi connectivity index (χ4v) is 4.48. The molecule has 2 fully saturated rings. The van der Waals surface area contributed by atoms with E-state index in [1.54, 1.807) is 12.0 Å². The van der Waals surface area contributed by atoms with Crippen molar-refractivity contribution in [3.05, 3.63) is 60.2 Å². The molecule has 164 valence electrons. The first-order chi connectivity index (χ1) is 15.1. The summed E-state index contributed by atoms with van der Waals surface area (Å²) < 4.78 is 11.2. The van der Waals surface area contributed by atoms with Gasteiger partial charge in [0.05, 0.1) is 26.2 Å². The fourth-order valence-electron chi connectivity index (χ4n) is 4.48. The molecule has 0 aliphatic carbocycles. The lowest BCUT2D eigenvalue weighted by Gasteiger charge is -2.34. The Balaban J connectivity index is 1.31. The Bertz CT molecular complexity index is 901. The molecule has 0 N–H and O–H groups in total. The van der Waals surface area contributed by atoms with Crippen molar-refractivity contribution in [2.24, 2.45) is 11.8 Å². The molecule has 2 aliphatic rings. The molecular weight excluding hydrogens is 392 g/mol. The van der Waals surface area contributed by atoms with Gasteiger partial charge in [-0.25, -0.2) is 0 Å². The number of nitrogens with zero attached hydrogens (tertiary/aromatic N) is 2. The molecule has 2 aliphatic heterocycles. The number of carbonyl (C=O) groups excluding carboxylic acids is 2. The highest BCUT2D eigenvalue weighted by Crippen LogP contribution is 2.30. The number of anilines is 1. The van der Waals surface area contributed by atoms with Gasteiger partial charge >= 0.3 is 0 Å². The zero-order chi connectivity index (χ0) is 21.6. The lowest BCUT2D eigenvalue weighted by atomic mass is 9.97. The highest BCUT2D eigenvalue weighted by molar-refractivity contribution is 6.00. The van der Waals surface area contributed by atoms with Crippen LogP contribution in [-0.4, -0.2) is 50.1 Å². The molecule has 6 heteroatoms. The van der Waals surface area contributed by atoms with E-state index in [-0.39, 0.29) is 24.2 Å². The SMILES string of the molecule is COc1cccc(N2C[C@@H](C(=O)N3CCC[C@@H](COCc4ccccc4)C3)CC2=O)c1. The molecule has 4 rings (SSSR count). The highest BCUT2D eigenvalue weighted by atomic mass is 16.5. The molecule has 6 nitrogen and oxygen atoms in total. The average Bonchev–Trinajstić information content (AvgIpc) is 3.21. The van der Waals surface area contributed by atoms with Gasteiger partial charge in [-0.2, -0.15) is 0 Å². The number of amides is 2. The minimum absolute atomic E-state index is 0.00800. The molecule has 0 spiro atoms. The molecule has 31 heavy (non-hydrogen) atoms. The summed E-state index contributed by atoms with van der Waals surface area (Å²) >= 11 is 0. The molecule has 2 aromatic rings. The van der Waals surface area contributed by atoms with Crippen LogP contribution >= 0.6 is 0 Å². The average molecular weight is 423 g/mol. The van der Waals surface area contributed by atoms with Crippen molar-refractivity contribution < 1.29 is 19.1 Å². The second-order valence-electron chi connectivity index (χ2n) is 8.40. The van der Waals surface area contributed by atoms with Crippen LogP contribution < -0.4 is 9.64 Å². The Kier molecular flexibility index (Phi) is 6.87. The maximum Gasteiger partial charge on any atom is 0.228 e. The molecule has 0 saturated carbocycles. The predicted molar refractivity (Wildman–Crippen MR) is 119 cm³/mol. The van der Waals surface area contributed by atoms with Crippen LogP contribution in [0.5, 0.6) is 5.75 Å². The van der Waals surface area contributed by atoms with E-state index in [9.17, 15) is 9.59 Å². The predicted octanol–water partition coefficient (Wildman–Crippen LogP) is 3.50. The van der Waals surface area contributed by atoms with Crippen LogP contribution in [-0.2, 0) is 20.9 Å². The number of hydrogen-bond donors (Lipinski definition) is 0. The zero-order valence-electron chi connectivity index (χ0n) is 18.0. The van der Waals surface area contributed by atoms with Gasteiger partial charge in [0.25, 0.3) is 0 Å². The van der Waals surface area contributed by atoms with E-state index in [1.807, 2.05) is 47.4 Å². The van der Waals surface area contributed by atoms with Gasteiger partial charge in [-0.15, -0.1) is 0 Å². The Labute approximate surface area is 183 Å². The summed E-state index contributed by atoms with van der Waals surface area (Å²) in [4.78, 5) is 29.4. The molecule has 2 saturated heterocycles. The fraction of sp³-hybridized carbons (Fsp3) is 0.440. The Morgan fingerprint density at radius 1 is 1.10 bits per heavy atom. The summed E-state index contributed by atoms with van der Waals surface area (Å²) in [6.45, 7) is 3.14. The van der Waals surface area contributed by atoms with Crippen molar-refractivity contribution in [1.29, 1.82) is 0 Å². The van der Waals surface area contributed by atoms with Gasteiger partial charge < -0.3 is 19.3 Å². The van der Waals surface area contributed by atoms with Gasteiger partial charge in [0.15, 0.2) is 0 Å². The Morgan fingerprint density at radius 3 is 2.74 bits per heavy atom. The van der Waals surface area contributed by atoms with Gasteiger partial charge in [0.1, 0.15) is 5.75 Å². The van der Waals surface area contributed by atoms with E-state index < -0.39 is 0 Å². The summed E-state index contributed by atoms with van der Waals surface area (Å²) in [6, 6.07) is 17.6. The second-order valence-corrected chi connectivity index (χ2v) is 8.40. The van der Waals surface area contributed by atoms with Crippen molar-refractivity contribution in [2.75, 3.05) is 38.3 Å². The van der Waals surface area contributed by atoms with Crippen molar-refractivity contribution in [3.63, 3.8) is 0 Å². The summed E-state index contributed by atoms with van der Waals surface area (Å²) in [5.41, 5.74) is 1.94. The molecule has 2 atom stereocenters. The van der Waals surface area contributed by atoms with Crippen LogP contribution in [0.25, 0.3) is 0 Å². The molecule has 2 heterocycles. The minimum Gasteiger partial charge on any atom is -0.497 e. The van der Waals surface area contributed by atoms with E-state index in [1.165, 1.54) is 0 Å². The van der Waals surface area contributed by atoms with Gasteiger partial charge in [-0.3, -0.25) is 9.59 Å². The van der Waals surface area contributed by atoms with Crippen LogP contribution in [0.1, 0.15) is 24.8 Å². The lowest BCUT2D eigenvalue weighted by molar-refractivity contribution is -0.138. The van der Waals surface area contributed by atoms with Crippen molar-refractivity contribution >= 4 is 17.5 Å². The molecule has 0 bridgehead atoms. The maximum atomic E-state index is 13.2. The normalized spacial score (nSPS) is 21.4. The summed E-state index contributed by atoms with van der Waals surface area (Å²) in [5, 5.41) is 0. The number of rotatable bonds is 7. The third-order valence-electron chi connectivity index (χ3n) is 6.14. The van der Waals surface area contributed by atoms with Crippen LogP contribution in [0.15, 0.2) is 54.6 Å². The maximum absolute atomic E-state index is 13.2. The van der Waals surface area contributed by atoms with E-state index in [4.69, 9.17) is 9.47 Å². The summed E-state index contributed by atoms with van der Waals surface area (Å²) in [6.07, 6.45) is 2.31. The number of carbonyl (C=O) groups is 2. The quantitative estimate of drug-likeness (QED) is 0.685. The molecule has 0 unspecified atom stereocenters. The van der Waals surface area contributed by atoms with Crippen LogP contribution in [0.3, 0.4) is 0 Å². The topological polar surface area (TPSA) is 59.1 Å². The first-order valence-electron chi connectivity index (χ1n) is 11.0. The van der Waals surface area contributed by atoms with E-state index in [0.29, 0.717) is 38.0 Å². The van der Waals surface area contributed by atoms with Gasteiger partial charge in [-0.1, -0.05) is 36.4 Å². The van der Waals surface area contributed by atoms with Crippen molar-refractivity contribution in [2.45, 2.75) is 25.9 Å². The second kappa shape index (κ2) is 9.96. The monoisotopic (exact) mass is 422 g/mol. The first kappa shape index (κ1) is 21.4. The van der Waals surface area contributed by atoms with Gasteiger partial charge in [0, 0.05) is 37.8 Å². The molecular formula is C25H30N2O4. The Hall–Kier alpha value is -2.86. The van der Waals surface area contributed by atoms with E-state index >= 15 is 0 Å². The molecule has 2 aromatic carbocycles. The van der Waals surface area contributed by atoms with Gasteiger partial charge in [-0.05, 0) is 36.5 Å². The largest absolute Gasteiger partial charge is 0.497 e. The van der Waals surface area contributed by atoms with E-state index in [0.717, 1.165) is 30.6 Å². The molecule has 0 aromatic heterocycles.